The topological polar surface area (TPSA) is 32.3 Å². The van der Waals surface area contributed by atoms with Crippen LogP contribution in [0.5, 0.6) is 0 Å². The van der Waals surface area contributed by atoms with Gasteiger partial charge in [0.05, 0.1) is 6.10 Å². The Morgan fingerprint density at radius 3 is 2.23 bits per heavy atom. The van der Waals surface area contributed by atoms with Crippen LogP contribution in [0.1, 0.15) is 18.6 Å². The molecule has 0 saturated carbocycles. The molecule has 2 nitrogen and oxygen atoms in total. The van der Waals surface area contributed by atoms with Gasteiger partial charge in [-0.15, -0.1) is 0 Å². The summed E-state index contributed by atoms with van der Waals surface area (Å²) in [5, 5.41) is 12.7. The molecule has 0 aliphatic heterocycles. The molecule has 0 fully saturated rings. The van der Waals surface area contributed by atoms with Crippen molar-refractivity contribution < 1.29 is 22.2 Å². The molecule has 2 atom stereocenters. The Hall–Kier alpha value is -0.341. The predicted octanol–water partition coefficient (Wildman–Crippen LogP) is 1.33. The smallest absolute Gasteiger partial charge is 0.0940 e. The van der Waals surface area contributed by atoms with E-state index in [0.29, 0.717) is 0 Å². The Labute approximate surface area is 89.8 Å². The van der Waals surface area contributed by atoms with E-state index in [1.54, 1.807) is 0 Å². The summed E-state index contributed by atoms with van der Waals surface area (Å²) in [5.41, 5.74) is 0.958. The largest absolute Gasteiger partial charge is 0.387 e. The molecule has 0 bridgehead atoms. The van der Waals surface area contributed by atoms with Crippen LogP contribution >= 0.6 is 0 Å². The summed E-state index contributed by atoms with van der Waals surface area (Å²) >= 11 is 0. The van der Waals surface area contributed by atoms with E-state index in [4.69, 9.17) is 0 Å². The van der Waals surface area contributed by atoms with Gasteiger partial charge in [0.1, 0.15) is 0 Å². The summed E-state index contributed by atoms with van der Waals surface area (Å²) in [7, 11) is 1.84. The van der Waals surface area contributed by atoms with E-state index in [1.165, 1.54) is 0 Å². The Morgan fingerprint density at radius 1 is 1.23 bits per heavy atom. The van der Waals surface area contributed by atoms with Crippen LogP contribution < -0.4 is 5.32 Å². The van der Waals surface area contributed by atoms with E-state index < -0.39 is 6.10 Å². The quantitative estimate of drug-likeness (QED) is 0.766. The average molecular weight is 229 g/mol. The molecule has 0 amide bonds. The summed E-state index contributed by atoms with van der Waals surface area (Å²) < 4.78 is 0. The van der Waals surface area contributed by atoms with Crippen molar-refractivity contribution >= 4 is 0 Å². The minimum Gasteiger partial charge on any atom is -0.387 e. The SMILES string of the molecule is CN[C@@H](C)[C@H](O)c1ccccc1.[Cu]. The number of aliphatic hydroxyl groups is 1. The van der Waals surface area contributed by atoms with Gasteiger partial charge in [0, 0.05) is 23.1 Å². The molecule has 1 aromatic rings. The number of benzene rings is 1. The molecular formula is C10H15CuNO. The second kappa shape index (κ2) is 6.16. The van der Waals surface area contributed by atoms with Crippen molar-refractivity contribution in [2.75, 3.05) is 7.05 Å². The fourth-order valence-electron chi connectivity index (χ4n) is 1.10. The summed E-state index contributed by atoms with van der Waals surface area (Å²) in [4.78, 5) is 0. The van der Waals surface area contributed by atoms with Crippen molar-refractivity contribution in [3.8, 4) is 0 Å². The van der Waals surface area contributed by atoms with Crippen molar-refractivity contribution in [1.29, 1.82) is 0 Å². The van der Waals surface area contributed by atoms with Crippen LogP contribution in [-0.2, 0) is 17.1 Å². The molecule has 0 aromatic heterocycles. The van der Waals surface area contributed by atoms with Crippen LogP contribution in [0.15, 0.2) is 30.3 Å². The van der Waals surface area contributed by atoms with E-state index in [0.717, 1.165) is 5.56 Å². The summed E-state index contributed by atoms with van der Waals surface area (Å²) in [6.45, 7) is 1.96. The van der Waals surface area contributed by atoms with Crippen LogP contribution in [0.4, 0.5) is 0 Å². The van der Waals surface area contributed by atoms with Gasteiger partial charge < -0.3 is 10.4 Å². The molecule has 13 heavy (non-hydrogen) atoms. The maximum atomic E-state index is 9.73. The number of rotatable bonds is 3. The normalized spacial score (nSPS) is 14.4. The van der Waals surface area contributed by atoms with Crippen LogP contribution in [0.25, 0.3) is 0 Å². The molecular weight excluding hydrogens is 214 g/mol. The summed E-state index contributed by atoms with van der Waals surface area (Å²) in [5.74, 6) is 0. The third-order valence-electron chi connectivity index (χ3n) is 2.07. The Bertz CT molecular complexity index is 228. The number of nitrogens with one attached hydrogen (secondary N) is 1. The molecule has 0 heterocycles. The molecule has 1 radical (unpaired) electrons. The maximum Gasteiger partial charge on any atom is 0.0940 e. The van der Waals surface area contributed by atoms with Gasteiger partial charge in [0.15, 0.2) is 0 Å². The van der Waals surface area contributed by atoms with Gasteiger partial charge in [-0.1, -0.05) is 30.3 Å². The Balaban J connectivity index is 0.00000144. The third-order valence-corrected chi connectivity index (χ3v) is 2.07. The molecule has 0 saturated heterocycles. The third kappa shape index (κ3) is 3.49. The second-order valence-electron chi connectivity index (χ2n) is 2.93. The molecule has 1 rings (SSSR count). The predicted molar refractivity (Wildman–Crippen MR) is 49.9 cm³/mol. The van der Waals surface area contributed by atoms with Crippen molar-refractivity contribution in [1.82, 2.24) is 5.32 Å². The van der Waals surface area contributed by atoms with Gasteiger partial charge in [-0.25, -0.2) is 0 Å². The zero-order valence-corrected chi connectivity index (χ0v) is 8.73. The molecule has 0 unspecified atom stereocenters. The van der Waals surface area contributed by atoms with Crippen molar-refractivity contribution in [3.63, 3.8) is 0 Å². The van der Waals surface area contributed by atoms with Gasteiger partial charge in [0.25, 0.3) is 0 Å². The van der Waals surface area contributed by atoms with Crippen molar-refractivity contribution in [3.05, 3.63) is 35.9 Å². The van der Waals surface area contributed by atoms with Gasteiger partial charge in [-0.2, -0.15) is 0 Å². The van der Waals surface area contributed by atoms with Gasteiger partial charge in [0.2, 0.25) is 0 Å². The minimum atomic E-state index is -0.420. The van der Waals surface area contributed by atoms with Crippen LogP contribution in [0, 0.1) is 0 Å². The fourth-order valence-corrected chi connectivity index (χ4v) is 1.10. The molecule has 0 aliphatic rings. The van der Waals surface area contributed by atoms with Crippen molar-refractivity contribution in [2.24, 2.45) is 0 Å². The monoisotopic (exact) mass is 228 g/mol. The molecule has 3 heteroatoms. The molecule has 77 valence electrons. The standard InChI is InChI=1S/C10H15NO.Cu/c1-8(11-2)10(12)9-6-4-3-5-7-9;/h3-8,10-12H,1-2H3;/t8-,10-;/m0./s1. The van der Waals surface area contributed by atoms with Crippen LogP contribution in [-0.4, -0.2) is 18.2 Å². The van der Waals surface area contributed by atoms with Gasteiger partial charge >= 0.3 is 0 Å². The minimum absolute atomic E-state index is 0. The molecule has 0 spiro atoms. The second-order valence-corrected chi connectivity index (χ2v) is 2.93. The molecule has 0 aliphatic carbocycles. The number of likely N-dealkylation sites (N-methyl/N-ethyl adjacent to an activating group) is 1. The average Bonchev–Trinajstić information content (AvgIpc) is 2.17. The zero-order valence-electron chi connectivity index (χ0n) is 7.79. The molecule has 1 aromatic carbocycles. The number of hydrogen-bond donors (Lipinski definition) is 2. The van der Waals surface area contributed by atoms with E-state index in [-0.39, 0.29) is 23.1 Å². The van der Waals surface area contributed by atoms with Gasteiger partial charge in [-0.3, -0.25) is 0 Å². The van der Waals surface area contributed by atoms with Gasteiger partial charge in [-0.05, 0) is 19.5 Å². The summed E-state index contributed by atoms with van der Waals surface area (Å²) in [6.07, 6.45) is -0.420. The molecule has 2 N–H and O–H groups in total. The van der Waals surface area contributed by atoms with Crippen molar-refractivity contribution in [2.45, 2.75) is 19.1 Å². The Kier molecular flexibility index (Phi) is 6.00. The first-order valence-corrected chi connectivity index (χ1v) is 4.16. The first-order valence-electron chi connectivity index (χ1n) is 4.16. The fraction of sp³-hybridized carbons (Fsp3) is 0.400. The first kappa shape index (κ1) is 12.7. The van der Waals surface area contributed by atoms with E-state index in [9.17, 15) is 5.11 Å². The van der Waals surface area contributed by atoms with E-state index in [1.807, 2.05) is 44.3 Å². The maximum absolute atomic E-state index is 9.73. The number of aliphatic hydroxyl groups excluding tert-OH is 1. The van der Waals surface area contributed by atoms with Crippen LogP contribution in [0.3, 0.4) is 0 Å². The first-order chi connectivity index (χ1) is 5.75. The summed E-state index contributed by atoms with van der Waals surface area (Å²) in [6, 6.07) is 9.76. The van der Waals surface area contributed by atoms with E-state index in [2.05, 4.69) is 5.32 Å². The number of hydrogen-bond acceptors (Lipinski definition) is 2. The zero-order chi connectivity index (χ0) is 8.97. The van der Waals surface area contributed by atoms with Crippen LogP contribution in [0.2, 0.25) is 0 Å². The Morgan fingerprint density at radius 2 is 1.77 bits per heavy atom. The van der Waals surface area contributed by atoms with E-state index >= 15 is 0 Å².